The smallest absolute Gasteiger partial charge is 0.0462 e. The Morgan fingerprint density at radius 3 is 1.71 bits per heavy atom. The van der Waals surface area contributed by atoms with E-state index in [1.807, 2.05) is 0 Å². The third kappa shape index (κ3) is 0.924. The molecule has 0 saturated heterocycles. The Morgan fingerprint density at radius 2 is 1.57 bits per heavy atom. The van der Waals surface area contributed by atoms with Gasteiger partial charge in [-0.25, -0.2) is 0 Å². The molecule has 0 aliphatic heterocycles. The van der Waals surface area contributed by atoms with Crippen molar-refractivity contribution in [2.75, 3.05) is 13.2 Å². The molecule has 0 aromatic heterocycles. The minimum absolute atomic E-state index is 0.255. The van der Waals surface area contributed by atoms with Crippen molar-refractivity contribution in [3.63, 3.8) is 0 Å². The largest absolute Gasteiger partial charge is 0.396 e. The maximum Gasteiger partial charge on any atom is 0.0462 e. The molecule has 0 bridgehead atoms. The molecule has 2 unspecified atom stereocenters. The highest BCUT2D eigenvalue weighted by atomic mass is 16.3. The summed E-state index contributed by atoms with van der Waals surface area (Å²) in [4.78, 5) is 0. The van der Waals surface area contributed by atoms with Crippen LogP contribution in [0.3, 0.4) is 0 Å². The summed E-state index contributed by atoms with van der Waals surface area (Å²) in [6.07, 6.45) is 1.02. The van der Waals surface area contributed by atoms with E-state index in [0.717, 1.165) is 6.42 Å². The molecule has 1 aliphatic rings. The molecule has 0 amide bonds. The predicted molar refractivity (Wildman–Crippen MR) is 25.8 cm³/mol. The fraction of sp³-hybridized carbons (Fsp3) is 1.00. The Hall–Kier alpha value is -0.0800. The summed E-state index contributed by atoms with van der Waals surface area (Å²) in [7, 11) is 0. The highest BCUT2D eigenvalue weighted by Crippen LogP contribution is 2.36. The molecule has 2 N–H and O–H groups in total. The number of hydrogen-bond acceptors (Lipinski definition) is 2. The SMILES string of the molecule is OCC1CC1CO. The Balaban J connectivity index is 2.06. The lowest BCUT2D eigenvalue weighted by Crippen LogP contribution is -1.91. The summed E-state index contributed by atoms with van der Waals surface area (Å²) in [5, 5.41) is 16.8. The summed E-state index contributed by atoms with van der Waals surface area (Å²) in [5.74, 6) is 0.843. The van der Waals surface area contributed by atoms with E-state index in [1.165, 1.54) is 0 Å². The normalized spacial score (nSPS) is 38.6. The highest BCUT2D eigenvalue weighted by molar-refractivity contribution is 4.84. The van der Waals surface area contributed by atoms with E-state index in [0.29, 0.717) is 11.8 Å². The van der Waals surface area contributed by atoms with Crippen LogP contribution in [0.1, 0.15) is 6.42 Å². The fourth-order valence-corrected chi connectivity index (χ4v) is 0.758. The summed E-state index contributed by atoms with van der Waals surface area (Å²) < 4.78 is 0. The second-order valence-electron chi connectivity index (χ2n) is 2.12. The molecule has 1 fully saturated rings. The van der Waals surface area contributed by atoms with Crippen LogP contribution in [0.15, 0.2) is 0 Å². The topological polar surface area (TPSA) is 40.5 Å². The predicted octanol–water partition coefficient (Wildman–Crippen LogP) is -0.393. The average Bonchev–Trinajstić information content (AvgIpc) is 2.43. The number of aliphatic hydroxyl groups is 2. The molecular formula is C5H10O2. The van der Waals surface area contributed by atoms with Crippen molar-refractivity contribution in [1.82, 2.24) is 0 Å². The van der Waals surface area contributed by atoms with Crippen LogP contribution in [0.4, 0.5) is 0 Å². The van der Waals surface area contributed by atoms with Gasteiger partial charge in [0.2, 0.25) is 0 Å². The molecule has 0 aromatic carbocycles. The average molecular weight is 102 g/mol. The standard InChI is InChI=1S/C5H10O2/c6-2-4-1-5(4)3-7/h4-7H,1-3H2. The maximum atomic E-state index is 8.40. The Kier molecular flexibility index (Phi) is 1.30. The van der Waals surface area contributed by atoms with Crippen LogP contribution in [-0.2, 0) is 0 Å². The van der Waals surface area contributed by atoms with Gasteiger partial charge in [0.05, 0.1) is 0 Å². The Labute approximate surface area is 42.8 Å². The van der Waals surface area contributed by atoms with Gasteiger partial charge in [-0.1, -0.05) is 0 Å². The van der Waals surface area contributed by atoms with Crippen LogP contribution in [0.2, 0.25) is 0 Å². The summed E-state index contributed by atoms with van der Waals surface area (Å²) in [5.41, 5.74) is 0. The van der Waals surface area contributed by atoms with E-state index < -0.39 is 0 Å². The molecule has 1 rings (SSSR count). The summed E-state index contributed by atoms with van der Waals surface area (Å²) >= 11 is 0. The van der Waals surface area contributed by atoms with Crippen LogP contribution >= 0.6 is 0 Å². The first-order chi connectivity index (χ1) is 3.38. The van der Waals surface area contributed by atoms with Gasteiger partial charge >= 0.3 is 0 Å². The van der Waals surface area contributed by atoms with E-state index in [9.17, 15) is 0 Å². The van der Waals surface area contributed by atoms with Gasteiger partial charge in [-0.2, -0.15) is 0 Å². The first-order valence-electron chi connectivity index (χ1n) is 2.60. The highest BCUT2D eigenvalue weighted by Gasteiger charge is 2.35. The van der Waals surface area contributed by atoms with Gasteiger partial charge in [-0.3, -0.25) is 0 Å². The van der Waals surface area contributed by atoms with E-state index >= 15 is 0 Å². The van der Waals surface area contributed by atoms with E-state index in [-0.39, 0.29) is 13.2 Å². The summed E-state index contributed by atoms with van der Waals surface area (Å²) in [6, 6.07) is 0. The minimum atomic E-state index is 0.255. The monoisotopic (exact) mass is 102 g/mol. The second-order valence-corrected chi connectivity index (χ2v) is 2.12. The molecule has 0 aromatic rings. The first kappa shape index (κ1) is 5.06. The Bertz CT molecular complexity index is 55.1. The molecule has 1 saturated carbocycles. The molecule has 42 valence electrons. The van der Waals surface area contributed by atoms with Crippen molar-refractivity contribution in [2.45, 2.75) is 6.42 Å². The first-order valence-corrected chi connectivity index (χ1v) is 2.60. The Morgan fingerprint density at radius 1 is 1.14 bits per heavy atom. The van der Waals surface area contributed by atoms with Gasteiger partial charge in [0.15, 0.2) is 0 Å². The van der Waals surface area contributed by atoms with Crippen molar-refractivity contribution in [2.24, 2.45) is 11.8 Å². The van der Waals surface area contributed by atoms with E-state index in [4.69, 9.17) is 10.2 Å². The van der Waals surface area contributed by atoms with Crippen LogP contribution in [0.5, 0.6) is 0 Å². The van der Waals surface area contributed by atoms with Crippen molar-refractivity contribution in [1.29, 1.82) is 0 Å². The molecule has 0 radical (unpaired) electrons. The minimum Gasteiger partial charge on any atom is -0.396 e. The molecule has 2 nitrogen and oxygen atoms in total. The fourth-order valence-electron chi connectivity index (χ4n) is 0.758. The van der Waals surface area contributed by atoms with Gasteiger partial charge in [0.25, 0.3) is 0 Å². The molecular weight excluding hydrogens is 92.1 g/mol. The quantitative estimate of drug-likeness (QED) is 0.498. The molecule has 0 heterocycles. The van der Waals surface area contributed by atoms with Crippen molar-refractivity contribution in [3.05, 3.63) is 0 Å². The molecule has 0 spiro atoms. The maximum absolute atomic E-state index is 8.40. The van der Waals surface area contributed by atoms with Crippen molar-refractivity contribution in [3.8, 4) is 0 Å². The van der Waals surface area contributed by atoms with Crippen LogP contribution in [-0.4, -0.2) is 23.4 Å². The van der Waals surface area contributed by atoms with Gasteiger partial charge in [0.1, 0.15) is 0 Å². The zero-order valence-electron chi connectivity index (χ0n) is 4.17. The zero-order chi connectivity index (χ0) is 5.28. The molecule has 7 heavy (non-hydrogen) atoms. The second kappa shape index (κ2) is 1.80. The van der Waals surface area contributed by atoms with Gasteiger partial charge < -0.3 is 10.2 Å². The lowest BCUT2D eigenvalue weighted by atomic mass is 10.3. The third-order valence-electron chi connectivity index (χ3n) is 1.54. The lowest BCUT2D eigenvalue weighted by Gasteiger charge is -1.84. The van der Waals surface area contributed by atoms with Gasteiger partial charge in [0, 0.05) is 13.2 Å². The van der Waals surface area contributed by atoms with Crippen LogP contribution in [0, 0.1) is 11.8 Å². The molecule has 1 aliphatic carbocycles. The molecule has 2 heteroatoms. The number of hydrogen-bond donors (Lipinski definition) is 2. The molecule has 2 atom stereocenters. The van der Waals surface area contributed by atoms with Crippen molar-refractivity contribution < 1.29 is 10.2 Å². The third-order valence-corrected chi connectivity index (χ3v) is 1.54. The van der Waals surface area contributed by atoms with Gasteiger partial charge in [-0.15, -0.1) is 0 Å². The van der Waals surface area contributed by atoms with Crippen molar-refractivity contribution >= 4 is 0 Å². The number of rotatable bonds is 2. The summed E-state index contributed by atoms with van der Waals surface area (Å²) in [6.45, 7) is 0.510. The van der Waals surface area contributed by atoms with Crippen LogP contribution in [0.25, 0.3) is 0 Å². The zero-order valence-corrected chi connectivity index (χ0v) is 4.17. The van der Waals surface area contributed by atoms with Gasteiger partial charge in [-0.05, 0) is 18.3 Å². The van der Waals surface area contributed by atoms with E-state index in [1.54, 1.807) is 0 Å². The lowest BCUT2D eigenvalue weighted by molar-refractivity contribution is 0.232. The number of aliphatic hydroxyl groups excluding tert-OH is 2. The van der Waals surface area contributed by atoms with Crippen LogP contribution < -0.4 is 0 Å². The van der Waals surface area contributed by atoms with E-state index in [2.05, 4.69) is 0 Å².